The summed E-state index contributed by atoms with van der Waals surface area (Å²) >= 11 is 5.52. The molecule has 0 amide bonds. The van der Waals surface area contributed by atoms with Crippen LogP contribution in [0, 0.1) is 0 Å². The highest BCUT2D eigenvalue weighted by Crippen LogP contribution is 2.31. The van der Waals surface area contributed by atoms with E-state index in [-0.39, 0.29) is 20.1 Å². The Balaban J connectivity index is 2.08. The molecule has 0 spiro atoms. The lowest BCUT2D eigenvalue weighted by molar-refractivity contribution is 0.0702. The highest BCUT2D eigenvalue weighted by molar-refractivity contribution is 9.11. The van der Waals surface area contributed by atoms with Crippen molar-refractivity contribution in [1.29, 1.82) is 0 Å². The Labute approximate surface area is 132 Å². The lowest BCUT2D eigenvalue weighted by atomic mass is 10.2. The summed E-state index contributed by atoms with van der Waals surface area (Å²) in [6.45, 7) is 0.268. The standard InChI is InChI=1S/C11H10BrNO4S3/c12-10-9(5-8(19-10)11(14)15)20(16,17)13-3-1-7-2-4-18-6-7/h2,4-6,13H,1,3H2,(H,14,15). The summed E-state index contributed by atoms with van der Waals surface area (Å²) in [5.41, 5.74) is 1.06. The average Bonchev–Trinajstić information content (AvgIpc) is 2.98. The van der Waals surface area contributed by atoms with Crippen molar-refractivity contribution < 1.29 is 18.3 Å². The number of carbonyl (C=O) groups is 1. The Morgan fingerprint density at radius 1 is 1.45 bits per heavy atom. The SMILES string of the molecule is O=C(O)c1cc(S(=O)(=O)NCCc2ccsc2)c(Br)s1. The summed E-state index contributed by atoms with van der Waals surface area (Å²) in [5.74, 6) is -1.14. The number of hydrogen-bond acceptors (Lipinski definition) is 5. The molecule has 0 fully saturated rings. The number of hydrogen-bond donors (Lipinski definition) is 2. The molecule has 2 aromatic rings. The second kappa shape index (κ2) is 6.35. The zero-order valence-electron chi connectivity index (χ0n) is 10.00. The molecule has 0 aliphatic carbocycles. The van der Waals surface area contributed by atoms with Gasteiger partial charge in [0.2, 0.25) is 10.0 Å². The molecule has 20 heavy (non-hydrogen) atoms. The van der Waals surface area contributed by atoms with Crippen molar-refractivity contribution in [2.24, 2.45) is 0 Å². The van der Waals surface area contributed by atoms with Crippen LogP contribution in [0.5, 0.6) is 0 Å². The lowest BCUT2D eigenvalue weighted by Crippen LogP contribution is -2.25. The van der Waals surface area contributed by atoms with E-state index in [2.05, 4.69) is 20.7 Å². The minimum absolute atomic E-state index is 0.0184. The van der Waals surface area contributed by atoms with Gasteiger partial charge in [-0.3, -0.25) is 0 Å². The molecule has 0 saturated carbocycles. The van der Waals surface area contributed by atoms with E-state index in [1.807, 2.05) is 16.8 Å². The second-order valence-electron chi connectivity index (χ2n) is 3.83. The third-order valence-corrected chi connectivity index (χ3v) is 6.87. The Morgan fingerprint density at radius 3 is 2.75 bits per heavy atom. The van der Waals surface area contributed by atoms with Crippen molar-refractivity contribution in [2.75, 3.05) is 6.54 Å². The molecule has 0 atom stereocenters. The number of halogens is 1. The van der Waals surface area contributed by atoms with Gasteiger partial charge in [-0.1, -0.05) is 0 Å². The van der Waals surface area contributed by atoms with Gasteiger partial charge in [-0.15, -0.1) is 11.3 Å². The molecular weight excluding hydrogens is 386 g/mol. The van der Waals surface area contributed by atoms with E-state index >= 15 is 0 Å². The molecular formula is C11H10BrNO4S3. The van der Waals surface area contributed by atoms with Crippen LogP contribution in [0.3, 0.4) is 0 Å². The molecule has 5 nitrogen and oxygen atoms in total. The molecule has 0 aromatic carbocycles. The third kappa shape index (κ3) is 3.67. The van der Waals surface area contributed by atoms with E-state index in [0.29, 0.717) is 6.42 Å². The van der Waals surface area contributed by atoms with E-state index < -0.39 is 16.0 Å². The average molecular weight is 396 g/mol. The minimum Gasteiger partial charge on any atom is -0.477 e. The normalized spacial score (nSPS) is 11.7. The quantitative estimate of drug-likeness (QED) is 0.787. The molecule has 108 valence electrons. The van der Waals surface area contributed by atoms with Gasteiger partial charge in [0.15, 0.2) is 0 Å². The van der Waals surface area contributed by atoms with Crippen LogP contribution in [0.1, 0.15) is 15.2 Å². The topological polar surface area (TPSA) is 83.5 Å². The van der Waals surface area contributed by atoms with Crippen molar-refractivity contribution in [3.8, 4) is 0 Å². The Hall–Kier alpha value is -0.740. The first kappa shape index (κ1) is 15.6. The summed E-state index contributed by atoms with van der Waals surface area (Å²) in [7, 11) is -3.70. The molecule has 0 bridgehead atoms. The number of carboxylic acids is 1. The van der Waals surface area contributed by atoms with Crippen LogP contribution in [-0.4, -0.2) is 26.0 Å². The van der Waals surface area contributed by atoms with E-state index in [9.17, 15) is 13.2 Å². The second-order valence-corrected chi connectivity index (χ2v) is 8.72. The number of carboxylic acid groups (broad SMARTS) is 1. The van der Waals surface area contributed by atoms with Crippen molar-refractivity contribution in [1.82, 2.24) is 4.72 Å². The van der Waals surface area contributed by atoms with E-state index in [1.165, 1.54) is 0 Å². The van der Waals surface area contributed by atoms with Crippen molar-refractivity contribution in [3.05, 3.63) is 37.1 Å². The summed E-state index contributed by atoms with van der Waals surface area (Å²) in [6, 6.07) is 3.09. The first-order chi connectivity index (χ1) is 9.40. The predicted molar refractivity (Wildman–Crippen MR) is 82.2 cm³/mol. The first-order valence-electron chi connectivity index (χ1n) is 5.43. The van der Waals surface area contributed by atoms with Crippen LogP contribution >= 0.6 is 38.6 Å². The summed E-state index contributed by atoms with van der Waals surface area (Å²) in [5, 5.41) is 12.7. The lowest BCUT2D eigenvalue weighted by Gasteiger charge is -2.04. The molecule has 0 aliphatic heterocycles. The summed E-state index contributed by atoms with van der Waals surface area (Å²) in [4.78, 5) is 10.8. The molecule has 0 unspecified atom stereocenters. The van der Waals surface area contributed by atoms with E-state index in [4.69, 9.17) is 5.11 Å². The third-order valence-electron chi connectivity index (χ3n) is 2.44. The summed E-state index contributed by atoms with van der Waals surface area (Å²) < 4.78 is 26.9. The molecule has 2 rings (SSSR count). The number of rotatable bonds is 6. The summed E-state index contributed by atoms with van der Waals surface area (Å²) in [6.07, 6.45) is 0.594. The fourth-order valence-corrected chi connectivity index (χ4v) is 5.62. The van der Waals surface area contributed by atoms with E-state index in [1.54, 1.807) is 11.3 Å². The maximum atomic E-state index is 12.1. The zero-order valence-corrected chi connectivity index (χ0v) is 14.0. The number of sulfonamides is 1. The molecule has 0 radical (unpaired) electrons. The smallest absolute Gasteiger partial charge is 0.345 e. The minimum atomic E-state index is -3.70. The van der Waals surface area contributed by atoms with E-state index in [0.717, 1.165) is 23.0 Å². The maximum Gasteiger partial charge on any atom is 0.345 e. The highest BCUT2D eigenvalue weighted by atomic mass is 79.9. The molecule has 2 heterocycles. The van der Waals surface area contributed by atoms with Gasteiger partial charge < -0.3 is 5.11 Å². The van der Waals surface area contributed by atoms with Crippen molar-refractivity contribution >= 4 is 54.6 Å². The fourth-order valence-electron chi connectivity index (χ4n) is 1.48. The van der Waals surface area contributed by atoms with Crippen LogP contribution in [0.15, 0.2) is 31.6 Å². The van der Waals surface area contributed by atoms with Gasteiger partial charge in [-0.2, -0.15) is 11.3 Å². The number of aromatic carboxylic acids is 1. The van der Waals surface area contributed by atoms with Crippen LogP contribution in [0.25, 0.3) is 0 Å². The predicted octanol–water partition coefficient (Wildman–Crippen LogP) is 2.79. The molecule has 9 heteroatoms. The van der Waals surface area contributed by atoms with Crippen molar-refractivity contribution in [2.45, 2.75) is 11.3 Å². The van der Waals surface area contributed by atoms with Crippen LogP contribution < -0.4 is 4.72 Å². The molecule has 2 aromatic heterocycles. The van der Waals surface area contributed by atoms with Gasteiger partial charge in [0.1, 0.15) is 9.77 Å². The number of nitrogens with one attached hydrogen (secondary N) is 1. The molecule has 0 saturated heterocycles. The van der Waals surface area contributed by atoms with Gasteiger partial charge in [0, 0.05) is 6.54 Å². The van der Waals surface area contributed by atoms with Crippen LogP contribution in [0.4, 0.5) is 0 Å². The van der Waals surface area contributed by atoms with Crippen molar-refractivity contribution in [3.63, 3.8) is 0 Å². The Bertz CT molecular complexity index is 706. The van der Waals surface area contributed by atoms with Crippen LogP contribution in [0.2, 0.25) is 0 Å². The van der Waals surface area contributed by atoms with Gasteiger partial charge in [-0.05, 0) is 50.8 Å². The molecule has 2 N–H and O–H groups in total. The van der Waals surface area contributed by atoms with Gasteiger partial charge in [0.05, 0.1) is 3.79 Å². The number of thiophene rings is 2. The fraction of sp³-hybridized carbons (Fsp3) is 0.182. The monoisotopic (exact) mass is 395 g/mol. The Kier molecular flexibility index (Phi) is 4.97. The van der Waals surface area contributed by atoms with Gasteiger partial charge in [-0.25, -0.2) is 17.9 Å². The molecule has 0 aliphatic rings. The largest absolute Gasteiger partial charge is 0.477 e. The first-order valence-corrected chi connectivity index (χ1v) is 9.47. The van der Waals surface area contributed by atoms with Crippen LogP contribution in [-0.2, 0) is 16.4 Å². The van der Waals surface area contributed by atoms with Gasteiger partial charge >= 0.3 is 5.97 Å². The van der Waals surface area contributed by atoms with Gasteiger partial charge in [0.25, 0.3) is 0 Å². The zero-order chi connectivity index (χ0) is 14.8. The maximum absolute atomic E-state index is 12.1. The Morgan fingerprint density at radius 2 is 2.20 bits per heavy atom. The highest BCUT2D eigenvalue weighted by Gasteiger charge is 2.22.